The maximum absolute atomic E-state index is 11.6. The number of aromatic nitrogens is 2. The van der Waals surface area contributed by atoms with Crippen LogP contribution in [0.15, 0.2) is 17.1 Å². The molecule has 1 aromatic rings. The molecule has 21 heavy (non-hydrogen) atoms. The molecule has 1 aromatic heterocycles. The first-order valence-electron chi connectivity index (χ1n) is 7.23. The van der Waals surface area contributed by atoms with Crippen LogP contribution >= 0.6 is 0 Å². The Morgan fingerprint density at radius 3 is 3.10 bits per heavy atom. The highest BCUT2D eigenvalue weighted by atomic mass is 16.5. The van der Waals surface area contributed by atoms with E-state index in [2.05, 4.69) is 15.3 Å². The maximum Gasteiger partial charge on any atom is 0.268 e. The molecule has 1 N–H and O–H groups in total. The number of nitrogens with one attached hydrogen (secondary N) is 1. The summed E-state index contributed by atoms with van der Waals surface area (Å²) < 4.78 is 6.37. The van der Waals surface area contributed by atoms with Crippen molar-refractivity contribution in [2.24, 2.45) is 13.0 Å². The number of aryl methyl sites for hydroxylation is 1. The van der Waals surface area contributed by atoms with Crippen molar-refractivity contribution in [1.82, 2.24) is 15.1 Å². The van der Waals surface area contributed by atoms with E-state index in [-0.39, 0.29) is 18.1 Å². The fourth-order valence-corrected chi connectivity index (χ4v) is 2.37. The van der Waals surface area contributed by atoms with Crippen molar-refractivity contribution in [2.45, 2.75) is 13.3 Å². The van der Waals surface area contributed by atoms with Crippen LogP contribution in [-0.2, 0) is 16.6 Å². The summed E-state index contributed by atoms with van der Waals surface area (Å²) in [4.78, 5) is 25.2. The summed E-state index contributed by atoms with van der Waals surface area (Å²) in [7, 11) is 1.63. The second-order valence-corrected chi connectivity index (χ2v) is 5.22. The van der Waals surface area contributed by atoms with E-state index < -0.39 is 0 Å². The first-order valence-corrected chi connectivity index (χ1v) is 7.23. The summed E-state index contributed by atoms with van der Waals surface area (Å²) in [6.07, 6.45) is 2.70. The molecule has 2 heterocycles. The lowest BCUT2D eigenvalue weighted by Gasteiger charge is -2.18. The molecule has 0 aliphatic carbocycles. The summed E-state index contributed by atoms with van der Waals surface area (Å²) in [5.74, 6) is 0.310. The van der Waals surface area contributed by atoms with Crippen LogP contribution in [-0.4, -0.2) is 48.5 Å². The molecule has 1 aliphatic rings. The third-order valence-electron chi connectivity index (χ3n) is 3.63. The molecule has 0 radical (unpaired) electrons. The van der Waals surface area contributed by atoms with E-state index in [9.17, 15) is 9.59 Å². The molecular formula is C14H22N4O3. The lowest BCUT2D eigenvalue weighted by Crippen LogP contribution is -2.33. The number of carbonyl (C=O) groups is 1. The van der Waals surface area contributed by atoms with Gasteiger partial charge in [0.15, 0.2) is 0 Å². The minimum atomic E-state index is -0.110. The zero-order valence-electron chi connectivity index (χ0n) is 12.5. The van der Waals surface area contributed by atoms with Crippen molar-refractivity contribution in [2.75, 3.05) is 37.7 Å². The largest absolute Gasteiger partial charge is 0.372 e. The predicted octanol–water partition coefficient (Wildman–Crippen LogP) is -0.241. The highest BCUT2D eigenvalue weighted by molar-refractivity contribution is 5.77. The molecule has 7 nitrogen and oxygen atoms in total. The van der Waals surface area contributed by atoms with Crippen LogP contribution in [0.1, 0.15) is 13.3 Å². The van der Waals surface area contributed by atoms with E-state index in [0.29, 0.717) is 19.1 Å². The van der Waals surface area contributed by atoms with E-state index >= 15 is 0 Å². The van der Waals surface area contributed by atoms with Crippen LogP contribution in [0.25, 0.3) is 0 Å². The zero-order valence-corrected chi connectivity index (χ0v) is 12.5. The Labute approximate surface area is 123 Å². The summed E-state index contributed by atoms with van der Waals surface area (Å²) in [5, 5.41) is 6.91. The SMILES string of the molecule is CCOCC(=O)NCC1CCN(c2cnn(C)c(=O)c2)C1. The Bertz CT molecular complexity index is 543. The standard InChI is InChI=1S/C14H22N4O3/c1-3-21-10-13(19)15-7-11-4-5-18(9-11)12-6-14(20)17(2)16-8-12/h6,8,11H,3-5,7,9-10H2,1-2H3,(H,15,19). The van der Waals surface area contributed by atoms with Gasteiger partial charge in [-0.1, -0.05) is 0 Å². The van der Waals surface area contributed by atoms with E-state index in [4.69, 9.17) is 4.74 Å². The molecular weight excluding hydrogens is 272 g/mol. The second kappa shape index (κ2) is 7.21. The molecule has 1 aliphatic heterocycles. The van der Waals surface area contributed by atoms with Crippen LogP contribution in [0, 0.1) is 5.92 Å². The monoisotopic (exact) mass is 294 g/mol. The molecule has 0 bridgehead atoms. The van der Waals surface area contributed by atoms with Crippen molar-refractivity contribution in [3.05, 3.63) is 22.6 Å². The van der Waals surface area contributed by atoms with Crippen LogP contribution in [0.5, 0.6) is 0 Å². The van der Waals surface area contributed by atoms with Gasteiger partial charge in [0, 0.05) is 39.4 Å². The highest BCUT2D eigenvalue weighted by Crippen LogP contribution is 2.21. The second-order valence-electron chi connectivity index (χ2n) is 5.22. The number of hydrogen-bond donors (Lipinski definition) is 1. The molecule has 116 valence electrons. The molecule has 0 saturated carbocycles. The first-order chi connectivity index (χ1) is 10.1. The van der Waals surface area contributed by atoms with Crippen LogP contribution in [0.3, 0.4) is 0 Å². The van der Waals surface area contributed by atoms with Gasteiger partial charge in [0.05, 0.1) is 11.9 Å². The smallest absolute Gasteiger partial charge is 0.268 e. The van der Waals surface area contributed by atoms with Gasteiger partial charge < -0.3 is 15.0 Å². The lowest BCUT2D eigenvalue weighted by molar-refractivity contribution is -0.125. The third-order valence-corrected chi connectivity index (χ3v) is 3.63. The number of rotatable bonds is 6. The fourth-order valence-electron chi connectivity index (χ4n) is 2.37. The molecule has 0 aromatic carbocycles. The van der Waals surface area contributed by atoms with Gasteiger partial charge in [-0.3, -0.25) is 9.59 Å². The van der Waals surface area contributed by atoms with Gasteiger partial charge in [-0.05, 0) is 19.3 Å². The van der Waals surface area contributed by atoms with Crippen LogP contribution in [0.4, 0.5) is 5.69 Å². The Morgan fingerprint density at radius 2 is 2.38 bits per heavy atom. The van der Waals surface area contributed by atoms with Crippen molar-refractivity contribution in [3.63, 3.8) is 0 Å². The summed E-state index contributed by atoms with van der Waals surface area (Å²) in [6.45, 7) is 4.86. The number of anilines is 1. The first kappa shape index (κ1) is 15.5. The average molecular weight is 294 g/mol. The van der Waals surface area contributed by atoms with E-state index in [0.717, 1.165) is 25.2 Å². The van der Waals surface area contributed by atoms with E-state index in [1.54, 1.807) is 19.3 Å². The molecule has 0 spiro atoms. The Morgan fingerprint density at radius 1 is 1.57 bits per heavy atom. The van der Waals surface area contributed by atoms with Crippen LogP contribution in [0.2, 0.25) is 0 Å². The normalized spacial score (nSPS) is 18.0. The molecule has 1 amide bonds. The quantitative estimate of drug-likeness (QED) is 0.783. The average Bonchev–Trinajstić information content (AvgIpc) is 2.94. The topological polar surface area (TPSA) is 76.5 Å². The number of nitrogens with zero attached hydrogens (tertiary/aromatic N) is 3. The van der Waals surface area contributed by atoms with Gasteiger partial charge in [-0.2, -0.15) is 5.10 Å². The number of hydrogen-bond acceptors (Lipinski definition) is 5. The molecule has 2 rings (SSSR count). The minimum Gasteiger partial charge on any atom is -0.372 e. The van der Waals surface area contributed by atoms with E-state index in [1.807, 2.05) is 6.92 Å². The third kappa shape index (κ3) is 4.29. The van der Waals surface area contributed by atoms with Gasteiger partial charge in [0.25, 0.3) is 5.56 Å². The predicted molar refractivity (Wildman–Crippen MR) is 79.3 cm³/mol. The van der Waals surface area contributed by atoms with Gasteiger partial charge in [-0.15, -0.1) is 0 Å². The highest BCUT2D eigenvalue weighted by Gasteiger charge is 2.23. The van der Waals surface area contributed by atoms with Gasteiger partial charge in [-0.25, -0.2) is 4.68 Å². The van der Waals surface area contributed by atoms with Gasteiger partial charge >= 0.3 is 0 Å². The number of ether oxygens (including phenoxy) is 1. The molecule has 1 unspecified atom stereocenters. The molecule has 7 heteroatoms. The maximum atomic E-state index is 11.6. The van der Waals surface area contributed by atoms with Gasteiger partial charge in [0.1, 0.15) is 6.61 Å². The molecule has 1 saturated heterocycles. The summed E-state index contributed by atoms with van der Waals surface area (Å²) in [6, 6.07) is 1.60. The summed E-state index contributed by atoms with van der Waals surface area (Å²) in [5.41, 5.74) is 0.738. The van der Waals surface area contributed by atoms with Crippen molar-refractivity contribution >= 4 is 11.6 Å². The van der Waals surface area contributed by atoms with Crippen molar-refractivity contribution in [1.29, 1.82) is 0 Å². The lowest BCUT2D eigenvalue weighted by atomic mass is 10.1. The van der Waals surface area contributed by atoms with Crippen molar-refractivity contribution in [3.8, 4) is 0 Å². The Balaban J connectivity index is 1.82. The van der Waals surface area contributed by atoms with Gasteiger partial charge in [0.2, 0.25) is 5.91 Å². The minimum absolute atomic E-state index is 0.0782. The summed E-state index contributed by atoms with van der Waals surface area (Å²) >= 11 is 0. The molecule has 1 atom stereocenters. The number of amides is 1. The molecule has 1 fully saturated rings. The van der Waals surface area contributed by atoms with Crippen LogP contribution < -0.4 is 15.8 Å². The fraction of sp³-hybridized carbons (Fsp3) is 0.643. The van der Waals surface area contributed by atoms with Crippen molar-refractivity contribution < 1.29 is 9.53 Å². The van der Waals surface area contributed by atoms with E-state index in [1.165, 1.54) is 4.68 Å². The zero-order chi connectivity index (χ0) is 15.2. The Hall–Kier alpha value is -1.89. The Kier molecular flexibility index (Phi) is 5.32. The number of carbonyl (C=O) groups excluding carboxylic acids is 1.